The van der Waals surface area contributed by atoms with Crippen molar-refractivity contribution in [1.29, 1.82) is 0 Å². The summed E-state index contributed by atoms with van der Waals surface area (Å²) in [7, 11) is 1.37. The number of hydrogen-bond donors (Lipinski definition) is 2. The van der Waals surface area contributed by atoms with E-state index in [1.807, 2.05) is 0 Å². The number of aliphatic hydroxyl groups is 1. The van der Waals surface area contributed by atoms with Crippen LogP contribution in [0.15, 0.2) is 30.5 Å². The van der Waals surface area contributed by atoms with Gasteiger partial charge in [0.1, 0.15) is 6.61 Å². The Labute approximate surface area is 132 Å². The van der Waals surface area contributed by atoms with Gasteiger partial charge in [-0.05, 0) is 32.0 Å². The van der Waals surface area contributed by atoms with E-state index in [0.29, 0.717) is 5.69 Å². The minimum atomic E-state index is -1.06. The van der Waals surface area contributed by atoms with E-state index < -0.39 is 17.3 Å². The maximum absolute atomic E-state index is 13.4. The second kappa shape index (κ2) is 6.76. The molecule has 7 nitrogen and oxygen atoms in total. The standard InChI is InChI=1S/C15H18FN3O4/c1-15(2,21)9-23-18-14(20)12-6-7-19(17-12)10-4-5-11(16)13(8-10)22-3/h4-8,21H,9H2,1-3H3,(H,18,20). The molecule has 0 atom stereocenters. The maximum Gasteiger partial charge on any atom is 0.295 e. The van der Waals surface area contributed by atoms with Gasteiger partial charge in [0.25, 0.3) is 5.91 Å². The van der Waals surface area contributed by atoms with E-state index in [2.05, 4.69) is 10.6 Å². The first kappa shape index (κ1) is 16.9. The number of nitrogens with one attached hydrogen (secondary N) is 1. The molecule has 1 aromatic heterocycles. The monoisotopic (exact) mass is 323 g/mol. The van der Waals surface area contributed by atoms with Crippen molar-refractivity contribution in [3.63, 3.8) is 0 Å². The molecule has 0 aliphatic rings. The van der Waals surface area contributed by atoms with Gasteiger partial charge in [-0.3, -0.25) is 9.63 Å². The largest absolute Gasteiger partial charge is 0.494 e. The normalized spacial score (nSPS) is 11.3. The van der Waals surface area contributed by atoms with Gasteiger partial charge < -0.3 is 9.84 Å². The predicted octanol–water partition coefficient (Wildman–Crippen LogP) is 1.45. The quantitative estimate of drug-likeness (QED) is 0.786. The van der Waals surface area contributed by atoms with Crippen molar-refractivity contribution in [3.05, 3.63) is 42.0 Å². The zero-order chi connectivity index (χ0) is 17.0. The molecule has 0 saturated heterocycles. The highest BCUT2D eigenvalue weighted by Gasteiger charge is 2.16. The molecule has 0 aliphatic carbocycles. The molecular weight excluding hydrogens is 305 g/mol. The SMILES string of the molecule is COc1cc(-n2ccc(C(=O)NOCC(C)(C)O)n2)ccc1F. The molecule has 8 heteroatoms. The molecule has 23 heavy (non-hydrogen) atoms. The van der Waals surface area contributed by atoms with Gasteiger partial charge in [0.2, 0.25) is 0 Å². The molecule has 0 spiro atoms. The first-order valence-corrected chi connectivity index (χ1v) is 6.84. The Balaban J connectivity index is 2.07. The second-order valence-corrected chi connectivity index (χ2v) is 5.50. The zero-order valence-corrected chi connectivity index (χ0v) is 13.0. The lowest BCUT2D eigenvalue weighted by Gasteiger charge is -2.16. The summed E-state index contributed by atoms with van der Waals surface area (Å²) in [6.07, 6.45) is 1.55. The highest BCUT2D eigenvalue weighted by atomic mass is 19.1. The van der Waals surface area contributed by atoms with E-state index in [4.69, 9.17) is 9.57 Å². The third-order valence-electron chi connectivity index (χ3n) is 2.81. The van der Waals surface area contributed by atoms with Crippen LogP contribution in [0.5, 0.6) is 5.75 Å². The van der Waals surface area contributed by atoms with Gasteiger partial charge in [0, 0.05) is 12.3 Å². The zero-order valence-electron chi connectivity index (χ0n) is 13.0. The van der Waals surface area contributed by atoms with Crippen LogP contribution in [-0.2, 0) is 4.84 Å². The Hall–Kier alpha value is -2.45. The van der Waals surface area contributed by atoms with Crippen LogP contribution in [0, 0.1) is 5.82 Å². The molecule has 0 aliphatic heterocycles. The fourth-order valence-electron chi connectivity index (χ4n) is 1.71. The Kier molecular flexibility index (Phi) is 4.97. The number of halogens is 1. The van der Waals surface area contributed by atoms with Crippen LogP contribution in [0.3, 0.4) is 0 Å². The van der Waals surface area contributed by atoms with E-state index in [1.165, 1.54) is 36.1 Å². The van der Waals surface area contributed by atoms with Crippen LogP contribution in [-0.4, -0.2) is 40.1 Å². The molecule has 1 amide bonds. The molecule has 1 aromatic carbocycles. The van der Waals surface area contributed by atoms with Crippen LogP contribution in [0.25, 0.3) is 5.69 Å². The predicted molar refractivity (Wildman–Crippen MR) is 79.8 cm³/mol. The van der Waals surface area contributed by atoms with Crippen LogP contribution in [0.2, 0.25) is 0 Å². The Morgan fingerprint density at radius 2 is 2.17 bits per heavy atom. The highest BCUT2D eigenvalue weighted by molar-refractivity contribution is 5.91. The Morgan fingerprint density at radius 3 is 2.83 bits per heavy atom. The van der Waals surface area contributed by atoms with Gasteiger partial charge in [0.15, 0.2) is 17.3 Å². The van der Waals surface area contributed by atoms with Crippen molar-refractivity contribution >= 4 is 5.91 Å². The lowest BCUT2D eigenvalue weighted by Crippen LogP contribution is -2.33. The molecule has 1 heterocycles. The second-order valence-electron chi connectivity index (χ2n) is 5.50. The fourth-order valence-corrected chi connectivity index (χ4v) is 1.71. The molecule has 0 bridgehead atoms. The van der Waals surface area contributed by atoms with Gasteiger partial charge >= 0.3 is 0 Å². The van der Waals surface area contributed by atoms with Gasteiger partial charge in [-0.1, -0.05) is 0 Å². The molecule has 2 N–H and O–H groups in total. The molecule has 0 unspecified atom stereocenters. The third kappa shape index (κ3) is 4.51. The number of amides is 1. The number of hydrogen-bond acceptors (Lipinski definition) is 5. The van der Waals surface area contributed by atoms with Crippen molar-refractivity contribution in [3.8, 4) is 11.4 Å². The molecule has 2 aromatic rings. The van der Waals surface area contributed by atoms with Gasteiger partial charge in [-0.25, -0.2) is 14.6 Å². The fraction of sp³-hybridized carbons (Fsp3) is 0.333. The summed E-state index contributed by atoms with van der Waals surface area (Å²) in [6, 6.07) is 5.72. The van der Waals surface area contributed by atoms with Crippen molar-refractivity contribution in [2.45, 2.75) is 19.4 Å². The van der Waals surface area contributed by atoms with Crippen molar-refractivity contribution in [2.75, 3.05) is 13.7 Å². The van der Waals surface area contributed by atoms with Crippen molar-refractivity contribution in [1.82, 2.24) is 15.3 Å². The number of carbonyl (C=O) groups excluding carboxylic acids is 1. The van der Waals surface area contributed by atoms with E-state index in [1.54, 1.807) is 20.0 Å². The first-order chi connectivity index (χ1) is 10.8. The van der Waals surface area contributed by atoms with Crippen LogP contribution in [0.1, 0.15) is 24.3 Å². The van der Waals surface area contributed by atoms with Gasteiger partial charge in [-0.2, -0.15) is 5.10 Å². The molecule has 2 rings (SSSR count). The van der Waals surface area contributed by atoms with Crippen LogP contribution in [0.4, 0.5) is 4.39 Å². The van der Waals surface area contributed by atoms with E-state index in [9.17, 15) is 14.3 Å². The summed E-state index contributed by atoms with van der Waals surface area (Å²) >= 11 is 0. The number of nitrogens with zero attached hydrogens (tertiary/aromatic N) is 2. The van der Waals surface area contributed by atoms with E-state index in [-0.39, 0.29) is 18.1 Å². The number of hydroxylamine groups is 1. The summed E-state index contributed by atoms with van der Waals surface area (Å²) in [4.78, 5) is 16.8. The summed E-state index contributed by atoms with van der Waals surface area (Å²) in [5.41, 5.74) is 1.79. The van der Waals surface area contributed by atoms with E-state index >= 15 is 0 Å². The molecule has 124 valence electrons. The molecule has 0 radical (unpaired) electrons. The minimum absolute atomic E-state index is 0.0609. The summed E-state index contributed by atoms with van der Waals surface area (Å²) in [5, 5.41) is 13.6. The smallest absolute Gasteiger partial charge is 0.295 e. The van der Waals surface area contributed by atoms with Crippen molar-refractivity contribution in [2.24, 2.45) is 0 Å². The Morgan fingerprint density at radius 1 is 1.43 bits per heavy atom. The molecule has 0 saturated carbocycles. The molecular formula is C15H18FN3O4. The average molecular weight is 323 g/mol. The van der Waals surface area contributed by atoms with Crippen LogP contribution >= 0.6 is 0 Å². The van der Waals surface area contributed by atoms with Gasteiger partial charge in [0.05, 0.1) is 18.4 Å². The molecule has 0 fully saturated rings. The third-order valence-corrected chi connectivity index (χ3v) is 2.81. The number of ether oxygens (including phenoxy) is 1. The number of methoxy groups -OCH3 is 1. The van der Waals surface area contributed by atoms with E-state index in [0.717, 1.165) is 0 Å². The number of carbonyl (C=O) groups is 1. The number of rotatable bonds is 6. The summed E-state index contributed by atoms with van der Waals surface area (Å²) < 4.78 is 19.7. The van der Waals surface area contributed by atoms with Gasteiger partial charge in [-0.15, -0.1) is 0 Å². The average Bonchev–Trinajstić information content (AvgIpc) is 2.96. The lowest BCUT2D eigenvalue weighted by molar-refractivity contribution is -0.0524. The topological polar surface area (TPSA) is 85.6 Å². The van der Waals surface area contributed by atoms with Crippen molar-refractivity contribution < 1.29 is 23.9 Å². The summed E-state index contributed by atoms with van der Waals surface area (Å²) in [6.45, 7) is 3.04. The number of aromatic nitrogens is 2. The minimum Gasteiger partial charge on any atom is -0.494 e. The summed E-state index contributed by atoms with van der Waals surface area (Å²) in [5.74, 6) is -0.957. The lowest BCUT2D eigenvalue weighted by atomic mass is 10.2. The first-order valence-electron chi connectivity index (χ1n) is 6.84. The Bertz CT molecular complexity index is 694. The van der Waals surface area contributed by atoms with Crippen LogP contribution < -0.4 is 10.2 Å². The highest BCUT2D eigenvalue weighted by Crippen LogP contribution is 2.20. The number of benzene rings is 1. The maximum atomic E-state index is 13.4.